The fourth-order valence-electron chi connectivity index (χ4n) is 2.91. The molecule has 3 aromatic carbocycles. The van der Waals surface area contributed by atoms with Crippen LogP contribution in [0.2, 0.25) is 0 Å². The second-order valence-corrected chi connectivity index (χ2v) is 6.15. The Hall–Kier alpha value is -4.33. The van der Waals surface area contributed by atoms with Crippen LogP contribution in [0.4, 0.5) is 11.6 Å². The van der Waals surface area contributed by atoms with Gasteiger partial charge in [-0.15, -0.1) is 0 Å². The SMILES string of the molecule is O=c1c2ccccc2nc(NN=Cc2cccc([N+](=O)[O-])c2)n1-c1ccccc1. The molecule has 4 rings (SSSR count). The summed E-state index contributed by atoms with van der Waals surface area (Å²) in [6, 6.07) is 22.3. The van der Waals surface area contributed by atoms with Crippen LogP contribution in [0.15, 0.2) is 88.8 Å². The molecule has 1 N–H and O–H groups in total. The van der Waals surface area contributed by atoms with Gasteiger partial charge in [0.25, 0.3) is 11.2 Å². The molecule has 4 aromatic rings. The van der Waals surface area contributed by atoms with Gasteiger partial charge >= 0.3 is 0 Å². The Morgan fingerprint density at radius 2 is 1.76 bits per heavy atom. The van der Waals surface area contributed by atoms with Gasteiger partial charge in [-0.05, 0) is 24.3 Å². The largest absolute Gasteiger partial charge is 0.270 e. The smallest absolute Gasteiger partial charge is 0.268 e. The third-order valence-electron chi connectivity index (χ3n) is 4.25. The van der Waals surface area contributed by atoms with Crippen molar-refractivity contribution in [3.05, 3.63) is 105 Å². The number of benzene rings is 3. The van der Waals surface area contributed by atoms with Crippen molar-refractivity contribution in [1.82, 2.24) is 9.55 Å². The molecule has 0 unspecified atom stereocenters. The molecule has 0 bridgehead atoms. The molecule has 0 saturated heterocycles. The molecule has 29 heavy (non-hydrogen) atoms. The summed E-state index contributed by atoms with van der Waals surface area (Å²) in [5.41, 5.74) is 4.26. The maximum Gasteiger partial charge on any atom is 0.270 e. The number of anilines is 1. The fraction of sp³-hybridized carbons (Fsp3) is 0. The van der Waals surface area contributed by atoms with Gasteiger partial charge in [-0.2, -0.15) is 5.10 Å². The molecule has 0 atom stereocenters. The maximum absolute atomic E-state index is 13.1. The van der Waals surface area contributed by atoms with Gasteiger partial charge in [0, 0.05) is 17.7 Å². The minimum Gasteiger partial charge on any atom is -0.268 e. The lowest BCUT2D eigenvalue weighted by molar-refractivity contribution is -0.384. The topological polar surface area (TPSA) is 102 Å². The average Bonchev–Trinajstić information content (AvgIpc) is 2.75. The zero-order chi connectivity index (χ0) is 20.2. The van der Waals surface area contributed by atoms with E-state index in [2.05, 4.69) is 15.5 Å². The van der Waals surface area contributed by atoms with E-state index in [1.54, 1.807) is 48.5 Å². The lowest BCUT2D eigenvalue weighted by atomic mass is 10.2. The van der Waals surface area contributed by atoms with Crippen molar-refractivity contribution in [1.29, 1.82) is 0 Å². The Bertz CT molecular complexity index is 1280. The van der Waals surface area contributed by atoms with Gasteiger partial charge in [0.05, 0.1) is 27.7 Å². The van der Waals surface area contributed by atoms with Crippen molar-refractivity contribution >= 4 is 28.8 Å². The molecule has 8 heteroatoms. The van der Waals surface area contributed by atoms with E-state index >= 15 is 0 Å². The molecule has 0 aliphatic rings. The van der Waals surface area contributed by atoms with Gasteiger partial charge in [-0.3, -0.25) is 14.9 Å². The number of hydrogen-bond donors (Lipinski definition) is 1. The Morgan fingerprint density at radius 3 is 2.55 bits per heavy atom. The molecule has 0 aliphatic heterocycles. The van der Waals surface area contributed by atoms with Gasteiger partial charge in [-0.1, -0.05) is 42.5 Å². The normalized spacial score (nSPS) is 11.0. The first-order chi connectivity index (χ1) is 14.1. The number of nitrogens with one attached hydrogen (secondary N) is 1. The number of rotatable bonds is 5. The van der Waals surface area contributed by atoms with Crippen LogP contribution in [0.3, 0.4) is 0 Å². The van der Waals surface area contributed by atoms with Gasteiger partial charge in [-0.25, -0.2) is 15.0 Å². The van der Waals surface area contributed by atoms with Gasteiger partial charge < -0.3 is 0 Å². The van der Waals surface area contributed by atoms with Crippen molar-refractivity contribution in [2.24, 2.45) is 5.10 Å². The van der Waals surface area contributed by atoms with E-state index in [0.717, 1.165) is 0 Å². The summed E-state index contributed by atoms with van der Waals surface area (Å²) in [6.07, 6.45) is 1.43. The van der Waals surface area contributed by atoms with Crippen LogP contribution in [0.25, 0.3) is 16.6 Å². The number of non-ortho nitro benzene ring substituents is 1. The van der Waals surface area contributed by atoms with Crippen molar-refractivity contribution < 1.29 is 4.92 Å². The highest BCUT2D eigenvalue weighted by molar-refractivity contribution is 5.82. The van der Waals surface area contributed by atoms with Crippen LogP contribution < -0.4 is 11.0 Å². The quantitative estimate of drug-likeness (QED) is 0.320. The lowest BCUT2D eigenvalue weighted by Crippen LogP contribution is -2.22. The highest BCUT2D eigenvalue weighted by atomic mass is 16.6. The molecule has 0 aliphatic carbocycles. The molecule has 0 saturated carbocycles. The minimum atomic E-state index is -0.470. The summed E-state index contributed by atoms with van der Waals surface area (Å²) >= 11 is 0. The minimum absolute atomic E-state index is 0.0287. The zero-order valence-corrected chi connectivity index (χ0v) is 15.1. The summed E-state index contributed by atoms with van der Waals surface area (Å²) in [4.78, 5) is 28.0. The summed E-state index contributed by atoms with van der Waals surface area (Å²) in [6.45, 7) is 0. The van der Waals surface area contributed by atoms with E-state index in [9.17, 15) is 14.9 Å². The first-order valence-corrected chi connectivity index (χ1v) is 8.74. The average molecular weight is 385 g/mol. The second-order valence-electron chi connectivity index (χ2n) is 6.15. The predicted octanol–water partition coefficient (Wildman–Crippen LogP) is 3.74. The Labute approximate surface area is 164 Å². The molecule has 0 radical (unpaired) electrons. The van der Waals surface area contributed by atoms with Crippen molar-refractivity contribution in [2.45, 2.75) is 0 Å². The monoisotopic (exact) mass is 385 g/mol. The molecule has 0 fully saturated rings. The molecule has 1 heterocycles. The number of para-hydroxylation sites is 2. The third kappa shape index (κ3) is 3.72. The molecule has 0 amide bonds. The Balaban J connectivity index is 1.76. The number of hydrogen-bond acceptors (Lipinski definition) is 6. The van der Waals surface area contributed by atoms with Crippen LogP contribution >= 0.6 is 0 Å². The van der Waals surface area contributed by atoms with E-state index in [1.807, 2.05) is 18.2 Å². The zero-order valence-electron chi connectivity index (χ0n) is 15.1. The number of nitrogens with zero attached hydrogens (tertiary/aromatic N) is 4. The molecule has 0 spiro atoms. The number of aromatic nitrogens is 2. The Morgan fingerprint density at radius 1 is 1.00 bits per heavy atom. The van der Waals surface area contributed by atoms with Crippen LogP contribution in [-0.4, -0.2) is 20.7 Å². The summed E-state index contributed by atoms with van der Waals surface area (Å²) < 4.78 is 1.44. The van der Waals surface area contributed by atoms with E-state index in [4.69, 9.17) is 0 Å². The maximum atomic E-state index is 13.1. The van der Waals surface area contributed by atoms with Crippen molar-refractivity contribution in [3.63, 3.8) is 0 Å². The molecular weight excluding hydrogens is 370 g/mol. The summed E-state index contributed by atoms with van der Waals surface area (Å²) in [7, 11) is 0. The van der Waals surface area contributed by atoms with Gasteiger partial charge in [0.2, 0.25) is 5.95 Å². The number of nitro benzene ring substituents is 1. The van der Waals surface area contributed by atoms with Gasteiger partial charge in [0.1, 0.15) is 0 Å². The second kappa shape index (κ2) is 7.73. The lowest BCUT2D eigenvalue weighted by Gasteiger charge is -2.12. The molecular formula is C21H15N5O3. The fourth-order valence-corrected chi connectivity index (χ4v) is 2.91. The number of nitro groups is 1. The van der Waals surface area contributed by atoms with E-state index in [0.29, 0.717) is 22.2 Å². The standard InChI is InChI=1S/C21H15N5O3/c27-20-18-11-4-5-12-19(18)23-21(25(20)16-8-2-1-3-9-16)24-22-14-15-7-6-10-17(13-15)26(28)29/h1-14H,(H,23,24). The highest BCUT2D eigenvalue weighted by Gasteiger charge is 2.12. The third-order valence-corrected chi connectivity index (χ3v) is 4.25. The van der Waals surface area contributed by atoms with Crippen LogP contribution in [0.5, 0.6) is 0 Å². The highest BCUT2D eigenvalue weighted by Crippen LogP contribution is 2.16. The van der Waals surface area contributed by atoms with E-state index in [-0.39, 0.29) is 17.2 Å². The van der Waals surface area contributed by atoms with Crippen molar-refractivity contribution in [3.8, 4) is 5.69 Å². The first-order valence-electron chi connectivity index (χ1n) is 8.74. The van der Waals surface area contributed by atoms with Crippen molar-refractivity contribution in [2.75, 3.05) is 5.43 Å². The first kappa shape index (κ1) is 18.1. The van der Waals surface area contributed by atoms with Crippen LogP contribution in [0, 0.1) is 10.1 Å². The van der Waals surface area contributed by atoms with Crippen LogP contribution in [0.1, 0.15) is 5.56 Å². The number of fused-ring (bicyclic) bond motifs is 1. The molecule has 1 aromatic heterocycles. The molecule has 142 valence electrons. The van der Waals surface area contributed by atoms with Crippen LogP contribution in [-0.2, 0) is 0 Å². The van der Waals surface area contributed by atoms with E-state index < -0.39 is 4.92 Å². The van der Waals surface area contributed by atoms with Gasteiger partial charge in [0.15, 0.2) is 0 Å². The number of hydrazone groups is 1. The summed E-state index contributed by atoms with van der Waals surface area (Å²) in [5, 5.41) is 15.5. The predicted molar refractivity (Wildman–Crippen MR) is 112 cm³/mol. The molecule has 8 nitrogen and oxygen atoms in total. The Kier molecular flexibility index (Phi) is 4.81. The van der Waals surface area contributed by atoms with E-state index in [1.165, 1.54) is 22.9 Å². The summed E-state index contributed by atoms with van der Waals surface area (Å²) in [5.74, 6) is 0.238.